The number of aromatic nitrogens is 3. The maximum Gasteiger partial charge on any atom is 0.240 e. The Hall–Kier alpha value is -3.61. The van der Waals surface area contributed by atoms with Gasteiger partial charge in [0.05, 0.1) is 21.0 Å². The van der Waals surface area contributed by atoms with E-state index in [0.29, 0.717) is 5.82 Å². The van der Waals surface area contributed by atoms with Crippen LogP contribution in [0.25, 0.3) is 10.9 Å². The van der Waals surface area contributed by atoms with Gasteiger partial charge in [0.2, 0.25) is 10.0 Å². The van der Waals surface area contributed by atoms with Gasteiger partial charge >= 0.3 is 0 Å². The summed E-state index contributed by atoms with van der Waals surface area (Å²) in [6.07, 6.45) is 4.07. The monoisotopic (exact) mass is 484 g/mol. The van der Waals surface area contributed by atoms with Crippen LogP contribution in [0.1, 0.15) is 0 Å². The second-order valence-electron chi connectivity index (χ2n) is 7.09. The number of fused-ring (bicyclic) bond motifs is 1. The number of rotatable bonds is 7. The van der Waals surface area contributed by atoms with Crippen LogP contribution in [-0.4, -0.2) is 45.1 Å². The normalized spacial score (nSPS) is 11.9. The number of anilines is 4. The molecule has 0 aliphatic rings. The van der Waals surface area contributed by atoms with Crippen LogP contribution in [0, 0.1) is 0 Å². The largest absolute Gasteiger partial charge is 0.340 e. The standard InChI is InChI=1S/C21H20N6O4S2/c1-22-33(30,31)16-6-8-19(32(2,28)29)18(11-16)27-21-12-20(24-13-25-21)26-15-5-7-17-14(10-15)4-3-9-23-17/h3-13,22H,1-2H3,(H2,24,25,26,27). The summed E-state index contributed by atoms with van der Waals surface area (Å²) in [5.74, 6) is 0.731. The SMILES string of the molecule is CNS(=O)(=O)c1ccc(S(C)(=O)=O)c(Nc2cc(Nc3ccc4ncccc4c3)ncn2)c1. The third kappa shape index (κ3) is 5.08. The molecule has 0 radical (unpaired) electrons. The molecular formula is C21H20N6O4S2. The molecule has 4 rings (SSSR count). The van der Waals surface area contributed by atoms with E-state index < -0.39 is 19.9 Å². The van der Waals surface area contributed by atoms with Crippen LogP contribution < -0.4 is 15.4 Å². The summed E-state index contributed by atoms with van der Waals surface area (Å²) < 4.78 is 51.1. The summed E-state index contributed by atoms with van der Waals surface area (Å²) in [4.78, 5) is 12.5. The maximum absolute atomic E-state index is 12.2. The number of hydrogen-bond acceptors (Lipinski definition) is 9. The molecule has 2 aromatic heterocycles. The highest BCUT2D eigenvalue weighted by molar-refractivity contribution is 7.91. The van der Waals surface area contributed by atoms with E-state index in [0.717, 1.165) is 22.8 Å². The maximum atomic E-state index is 12.2. The van der Waals surface area contributed by atoms with Gasteiger partial charge in [0.25, 0.3) is 0 Å². The lowest BCUT2D eigenvalue weighted by Crippen LogP contribution is -2.19. The topological polar surface area (TPSA) is 143 Å². The van der Waals surface area contributed by atoms with Crippen molar-refractivity contribution in [2.24, 2.45) is 0 Å². The highest BCUT2D eigenvalue weighted by Crippen LogP contribution is 2.28. The van der Waals surface area contributed by atoms with Crippen LogP contribution in [0.15, 0.2) is 76.9 Å². The summed E-state index contributed by atoms with van der Waals surface area (Å²) in [6.45, 7) is 0. The van der Waals surface area contributed by atoms with E-state index in [-0.39, 0.29) is 21.3 Å². The van der Waals surface area contributed by atoms with Crippen LogP contribution in [0.5, 0.6) is 0 Å². The molecule has 0 spiro atoms. The molecule has 0 saturated heterocycles. The first kappa shape index (κ1) is 22.6. The molecule has 10 nitrogen and oxygen atoms in total. The molecule has 0 amide bonds. The summed E-state index contributed by atoms with van der Waals surface area (Å²) in [7, 11) is -6.15. The van der Waals surface area contributed by atoms with Gasteiger partial charge in [0, 0.05) is 29.6 Å². The molecule has 3 N–H and O–H groups in total. The molecule has 0 bridgehead atoms. The Labute approximate surface area is 191 Å². The van der Waals surface area contributed by atoms with E-state index in [2.05, 4.69) is 30.3 Å². The third-order valence-corrected chi connectivity index (χ3v) is 7.30. The molecule has 0 aliphatic heterocycles. The second-order valence-corrected chi connectivity index (χ2v) is 11.0. The van der Waals surface area contributed by atoms with E-state index in [1.54, 1.807) is 12.3 Å². The molecule has 33 heavy (non-hydrogen) atoms. The van der Waals surface area contributed by atoms with Crippen LogP contribution in [-0.2, 0) is 19.9 Å². The first-order chi connectivity index (χ1) is 15.7. The third-order valence-electron chi connectivity index (χ3n) is 4.73. The Morgan fingerprint density at radius 1 is 0.818 bits per heavy atom. The average molecular weight is 485 g/mol. The number of benzene rings is 2. The van der Waals surface area contributed by atoms with Crippen molar-refractivity contribution in [2.45, 2.75) is 9.79 Å². The van der Waals surface area contributed by atoms with Crippen LogP contribution in [0.4, 0.5) is 23.0 Å². The van der Waals surface area contributed by atoms with Gasteiger partial charge in [-0.3, -0.25) is 4.98 Å². The van der Waals surface area contributed by atoms with E-state index >= 15 is 0 Å². The van der Waals surface area contributed by atoms with Crippen molar-refractivity contribution in [1.82, 2.24) is 19.7 Å². The first-order valence-corrected chi connectivity index (χ1v) is 13.0. The molecule has 0 unspecified atom stereocenters. The van der Waals surface area contributed by atoms with Crippen LogP contribution >= 0.6 is 0 Å². The van der Waals surface area contributed by atoms with Crippen molar-refractivity contribution < 1.29 is 16.8 Å². The predicted molar refractivity (Wildman–Crippen MR) is 126 cm³/mol. The number of sulfonamides is 1. The van der Waals surface area contributed by atoms with Crippen molar-refractivity contribution in [1.29, 1.82) is 0 Å². The molecule has 2 heterocycles. The number of nitrogens with zero attached hydrogens (tertiary/aromatic N) is 3. The first-order valence-electron chi connectivity index (χ1n) is 9.64. The fourth-order valence-corrected chi connectivity index (χ4v) is 4.73. The Balaban J connectivity index is 1.67. The fourth-order valence-electron chi connectivity index (χ4n) is 3.15. The molecule has 0 saturated carbocycles. The van der Waals surface area contributed by atoms with Gasteiger partial charge in [-0.1, -0.05) is 6.07 Å². The van der Waals surface area contributed by atoms with Crippen molar-refractivity contribution >= 4 is 53.8 Å². The Morgan fingerprint density at radius 3 is 2.30 bits per heavy atom. The highest BCUT2D eigenvalue weighted by Gasteiger charge is 2.19. The van der Waals surface area contributed by atoms with Gasteiger partial charge in [-0.15, -0.1) is 0 Å². The lowest BCUT2D eigenvalue weighted by atomic mass is 10.2. The Bertz CT molecular complexity index is 1560. The lowest BCUT2D eigenvalue weighted by molar-refractivity contribution is 0.587. The van der Waals surface area contributed by atoms with Gasteiger partial charge < -0.3 is 10.6 Å². The molecular weight excluding hydrogens is 464 g/mol. The average Bonchev–Trinajstić information content (AvgIpc) is 2.78. The van der Waals surface area contributed by atoms with E-state index in [1.165, 1.54) is 31.6 Å². The molecule has 0 atom stereocenters. The molecule has 0 aliphatic carbocycles. The van der Waals surface area contributed by atoms with E-state index in [1.807, 2.05) is 30.3 Å². The van der Waals surface area contributed by atoms with Crippen LogP contribution in [0.2, 0.25) is 0 Å². The molecule has 12 heteroatoms. The summed E-state index contributed by atoms with van der Waals surface area (Å²) in [5, 5.41) is 7.02. The Kier molecular flexibility index (Phi) is 5.97. The van der Waals surface area contributed by atoms with Crippen molar-refractivity contribution in [3.05, 3.63) is 67.1 Å². The van der Waals surface area contributed by atoms with Gasteiger partial charge in [-0.05, 0) is 49.5 Å². The van der Waals surface area contributed by atoms with E-state index in [4.69, 9.17) is 0 Å². The zero-order valence-electron chi connectivity index (χ0n) is 17.6. The lowest BCUT2D eigenvalue weighted by Gasteiger charge is -2.13. The highest BCUT2D eigenvalue weighted by atomic mass is 32.2. The van der Waals surface area contributed by atoms with Gasteiger partial charge in [-0.2, -0.15) is 0 Å². The number of hydrogen-bond donors (Lipinski definition) is 3. The zero-order valence-corrected chi connectivity index (χ0v) is 19.3. The second kappa shape index (κ2) is 8.73. The van der Waals surface area contributed by atoms with Gasteiger partial charge in [-0.25, -0.2) is 31.5 Å². The van der Waals surface area contributed by atoms with Crippen molar-refractivity contribution in [3.8, 4) is 0 Å². The van der Waals surface area contributed by atoms with Crippen molar-refractivity contribution in [2.75, 3.05) is 23.9 Å². The Morgan fingerprint density at radius 2 is 1.58 bits per heavy atom. The minimum absolute atomic E-state index is 0.0623. The quantitative estimate of drug-likeness (QED) is 0.361. The summed E-state index contributed by atoms with van der Waals surface area (Å²) >= 11 is 0. The number of sulfone groups is 1. The van der Waals surface area contributed by atoms with Gasteiger partial charge in [0.1, 0.15) is 18.0 Å². The van der Waals surface area contributed by atoms with Crippen molar-refractivity contribution in [3.63, 3.8) is 0 Å². The van der Waals surface area contributed by atoms with Crippen LogP contribution in [0.3, 0.4) is 0 Å². The molecule has 170 valence electrons. The van der Waals surface area contributed by atoms with Gasteiger partial charge in [0.15, 0.2) is 9.84 Å². The summed E-state index contributed by atoms with van der Waals surface area (Å²) in [5.41, 5.74) is 1.71. The number of nitrogens with one attached hydrogen (secondary N) is 3. The minimum Gasteiger partial charge on any atom is -0.340 e. The zero-order chi connectivity index (χ0) is 23.6. The number of pyridine rings is 1. The van der Waals surface area contributed by atoms with E-state index in [9.17, 15) is 16.8 Å². The summed E-state index contributed by atoms with van der Waals surface area (Å²) in [6, 6.07) is 14.8. The fraction of sp³-hybridized carbons (Fsp3) is 0.0952. The molecule has 4 aromatic rings. The molecule has 2 aromatic carbocycles. The minimum atomic E-state index is -3.78. The predicted octanol–water partition coefficient (Wildman–Crippen LogP) is 2.82. The molecule has 0 fully saturated rings. The smallest absolute Gasteiger partial charge is 0.240 e.